The van der Waals surface area contributed by atoms with Gasteiger partial charge in [0.15, 0.2) is 21.0 Å². The van der Waals surface area contributed by atoms with Crippen LogP contribution in [0, 0.1) is 0 Å². The van der Waals surface area contributed by atoms with Crippen LogP contribution in [0.15, 0.2) is 118 Å². The van der Waals surface area contributed by atoms with E-state index in [-0.39, 0.29) is 35.8 Å². The molecule has 1 heterocycles. The van der Waals surface area contributed by atoms with Crippen molar-refractivity contribution in [2.75, 3.05) is 21.3 Å². The molecule has 0 fully saturated rings. The van der Waals surface area contributed by atoms with E-state index in [4.69, 9.17) is 33.5 Å². The Morgan fingerprint density at radius 3 is 1.72 bits per heavy atom. The number of aromatic nitrogens is 3. The van der Waals surface area contributed by atoms with Crippen molar-refractivity contribution in [3.05, 3.63) is 83.6 Å². The molecule has 5 aromatic carbocycles. The summed E-state index contributed by atoms with van der Waals surface area (Å²) in [5, 5.41) is 28.2. The van der Waals surface area contributed by atoms with Crippen LogP contribution in [0.4, 0.5) is 51.7 Å². The zero-order valence-corrected chi connectivity index (χ0v) is 48.4. The topological polar surface area (TPSA) is 528 Å². The van der Waals surface area contributed by atoms with Crippen molar-refractivity contribution in [1.29, 1.82) is 0 Å². The van der Waals surface area contributed by atoms with E-state index in [9.17, 15) is 87.0 Å². The second-order valence-corrected chi connectivity index (χ2v) is 29.0. The molecule has 6 rings (SSSR count). The highest BCUT2D eigenvalue weighted by Gasteiger charge is 2.35. The van der Waals surface area contributed by atoms with Crippen LogP contribution in [-0.4, -0.2) is 124 Å². The summed E-state index contributed by atoms with van der Waals surface area (Å²) in [4.78, 5) is 19.9. The molecule has 0 aliphatic carbocycles. The Morgan fingerprint density at radius 1 is 0.683 bits per heavy atom. The maximum absolute atomic E-state index is 13.0. The van der Waals surface area contributed by atoms with Gasteiger partial charge in [-0.05, 0) is 116 Å². The summed E-state index contributed by atoms with van der Waals surface area (Å²) in [5.74, 6) is -2.08. The van der Waals surface area contributed by atoms with E-state index in [1.54, 1.807) is 0 Å². The second-order valence-electron chi connectivity index (χ2n) is 16.5. The minimum absolute atomic E-state index is 0.100. The molecule has 0 bridgehead atoms. The summed E-state index contributed by atoms with van der Waals surface area (Å²) in [5.41, 5.74) is -0.726. The molecule has 33 nitrogen and oxygen atoms in total. The van der Waals surface area contributed by atoms with Crippen LogP contribution in [0.1, 0.15) is 32.8 Å². The highest BCUT2D eigenvalue weighted by molar-refractivity contribution is 7.94. The van der Waals surface area contributed by atoms with Gasteiger partial charge in [-0.3, -0.25) is 32.5 Å². The number of phenols is 1. The van der Waals surface area contributed by atoms with Gasteiger partial charge in [0.25, 0.3) is 40.5 Å². The van der Waals surface area contributed by atoms with Crippen LogP contribution in [-0.2, 0) is 86.1 Å². The number of anilines is 6. The maximum atomic E-state index is 13.0. The Morgan fingerprint density at radius 2 is 1.21 bits per heavy atom. The number of nitrogens with one attached hydrogen (secondary N) is 2. The van der Waals surface area contributed by atoms with Gasteiger partial charge < -0.3 is 21.5 Å². The third kappa shape index (κ3) is 14.7. The number of alkyl halides is 1. The molecule has 0 aliphatic heterocycles. The summed E-state index contributed by atoms with van der Waals surface area (Å²) in [7, 11) is -35.3. The molecule has 3 atom stereocenters. The first-order valence-corrected chi connectivity index (χ1v) is 32.9. The summed E-state index contributed by atoms with van der Waals surface area (Å²) < 4.78 is 227. The number of aromatic hydroxyl groups is 1. The summed E-state index contributed by atoms with van der Waals surface area (Å²) in [6.07, 6.45) is -0.122. The van der Waals surface area contributed by atoms with Gasteiger partial charge in [0, 0.05) is 17.1 Å². The van der Waals surface area contributed by atoms with Crippen LogP contribution in [0.2, 0.25) is 5.28 Å². The number of benzene rings is 5. The van der Waals surface area contributed by atoms with Crippen molar-refractivity contribution in [3.63, 3.8) is 0 Å². The molecular formula is C40H39Cl2N11O22S7. The lowest BCUT2D eigenvalue weighted by Crippen LogP contribution is -2.42. The summed E-state index contributed by atoms with van der Waals surface area (Å²) >= 11 is 12.0. The van der Waals surface area contributed by atoms with Crippen molar-refractivity contribution < 1.29 is 95.8 Å². The van der Waals surface area contributed by atoms with Gasteiger partial charge in [-0.15, -0.1) is 21.8 Å². The van der Waals surface area contributed by atoms with Crippen LogP contribution >= 0.6 is 23.2 Å². The molecule has 1 amide bonds. The van der Waals surface area contributed by atoms with E-state index in [1.807, 2.05) is 0 Å². The van der Waals surface area contributed by atoms with E-state index in [2.05, 4.69) is 50.2 Å². The Balaban J connectivity index is 1.41. The number of hydrogen-bond donors (Lipinski definition) is 9. The first-order valence-electron chi connectivity index (χ1n) is 21.8. The number of halogens is 2. The Hall–Kier alpha value is -6.77. The molecule has 1 aromatic heterocycles. The van der Waals surface area contributed by atoms with Crippen molar-refractivity contribution >= 4 is 163 Å². The first kappa shape index (κ1) is 64.4. The molecule has 6 aromatic rings. The molecule has 3 unspecified atom stereocenters. The fourth-order valence-electron chi connectivity index (χ4n) is 7.34. The summed E-state index contributed by atoms with van der Waals surface area (Å²) in [6.45, 7) is 2.41. The number of fused-ring (bicyclic) bond motifs is 1. The molecule has 10 N–H and O–H groups in total. The lowest BCUT2D eigenvalue weighted by atomic mass is 10.1. The molecule has 442 valence electrons. The van der Waals surface area contributed by atoms with Crippen LogP contribution in [0.25, 0.3) is 10.8 Å². The quantitative estimate of drug-likeness (QED) is 0.0121. The van der Waals surface area contributed by atoms with Crippen molar-refractivity contribution in [1.82, 2.24) is 15.0 Å². The van der Waals surface area contributed by atoms with E-state index >= 15 is 0 Å². The number of nitrogens with two attached hydrogens (primary N) is 1. The number of sulfone groups is 2. The average molecular weight is 1320 g/mol. The lowest BCUT2D eigenvalue weighted by Gasteiger charge is -2.28. The van der Waals surface area contributed by atoms with Gasteiger partial charge in [0.2, 0.25) is 33.4 Å². The van der Waals surface area contributed by atoms with Crippen molar-refractivity contribution in [2.24, 2.45) is 20.5 Å². The third-order valence-corrected chi connectivity index (χ3v) is 20.3. The number of nitrogen functional groups attached to an aromatic ring is 1. The number of carbonyl (C=O) groups is 1. The average Bonchev–Trinajstić information content (AvgIpc) is 3.33. The SMILES string of the molecule is CCC(N(C=O)c1ccc(S(=O)(=O)O)c(CN=Nc2c(S(=O)(=O)O)cc3cc(S(=O)(=O)O)c(N=Nc4cc(Nc5nc(Cl)nc(Nc6ccc(S(=O)(=O)C(C)OS(=O)(=O)O)cc6)n5)ccc4S(=O)(=O)O)c(O)c3c2N)c1)S(=O)(=O)C(C)Cl. The molecule has 0 saturated carbocycles. The van der Waals surface area contributed by atoms with Crippen LogP contribution in [0.3, 0.4) is 0 Å². The number of nitrogens with zero attached hydrogens (tertiary/aromatic N) is 8. The van der Waals surface area contributed by atoms with Gasteiger partial charge in [0.05, 0.1) is 27.4 Å². The second kappa shape index (κ2) is 23.8. The van der Waals surface area contributed by atoms with Crippen molar-refractivity contribution in [2.45, 2.75) is 73.7 Å². The van der Waals surface area contributed by atoms with Crippen molar-refractivity contribution in [3.8, 4) is 5.75 Å². The van der Waals surface area contributed by atoms with E-state index in [1.165, 1.54) is 19.1 Å². The lowest BCUT2D eigenvalue weighted by molar-refractivity contribution is -0.107. The minimum atomic E-state index is -5.58. The highest BCUT2D eigenvalue weighted by atomic mass is 35.5. The number of phenolic OH excluding ortho intramolecular Hbond substituents is 1. The Kier molecular flexibility index (Phi) is 18.7. The zero-order chi connectivity index (χ0) is 61.5. The highest BCUT2D eigenvalue weighted by Crippen LogP contribution is 2.48. The standard InChI is InChI=1S/C40H39Cl2N11O22S7/c1-4-32(76(56,57)19(2)41)53(18-54)25-8-12-28(78(60,61)62)22(13-25)17-44-51-35-30(80(66,67)68)14-21-15-31(81(69,70)71)36(37(55)33(21)34(35)43)52-50-27-16-24(7-11-29(27)79(63,64)65)46-40-48-38(42)47-39(49-40)45-23-5-9-26(10-6-23)77(58,59)20(3)75-82(72,73)74/h5-16,18-20,32,55H,4,17,43H2,1-3H3,(H,60,61,62)(H,63,64,65)(H,66,67,68)(H,69,70,71)(H,72,73,74)(H2,45,46,47,48,49). The molecule has 0 aliphatic rings. The van der Waals surface area contributed by atoms with E-state index in [0.29, 0.717) is 17.0 Å². The molecular weight excluding hydrogens is 1280 g/mol. The normalized spacial score (nSPS) is 14.2. The Labute approximate surface area is 475 Å². The zero-order valence-electron chi connectivity index (χ0n) is 41.1. The van der Waals surface area contributed by atoms with Crippen LogP contribution in [0.5, 0.6) is 5.75 Å². The predicted molar refractivity (Wildman–Crippen MR) is 289 cm³/mol. The maximum Gasteiger partial charge on any atom is 0.398 e. The predicted octanol–water partition coefficient (Wildman–Crippen LogP) is 5.78. The third-order valence-electron chi connectivity index (χ3n) is 11.0. The molecule has 82 heavy (non-hydrogen) atoms. The monoisotopic (exact) mass is 1320 g/mol. The number of rotatable bonds is 23. The van der Waals surface area contributed by atoms with E-state index < -0.39 is 173 Å². The Bertz CT molecular complexity index is 4470. The summed E-state index contributed by atoms with van der Waals surface area (Å²) in [6, 6.07) is 10.6. The van der Waals surface area contributed by atoms with Gasteiger partial charge in [0.1, 0.15) is 41.8 Å². The fraction of sp³-hybridized carbons (Fsp3) is 0.200. The smallest absolute Gasteiger partial charge is 0.398 e. The van der Waals surface area contributed by atoms with Crippen LogP contribution < -0.4 is 21.3 Å². The molecule has 42 heteroatoms. The number of hydrogen-bond acceptors (Lipinski definition) is 27. The molecule has 0 saturated heterocycles. The minimum Gasteiger partial charge on any atom is -0.505 e. The molecule has 0 spiro atoms. The largest absolute Gasteiger partial charge is 0.505 e. The number of amides is 1. The van der Waals surface area contributed by atoms with Gasteiger partial charge in [-0.25, -0.2) is 21.0 Å². The number of carbonyl (C=O) groups excluding carboxylic acids is 1. The first-order chi connectivity index (χ1) is 37.7. The number of azo groups is 2. The van der Waals surface area contributed by atoms with E-state index in [0.717, 1.165) is 62.4 Å². The van der Waals surface area contributed by atoms with Gasteiger partial charge >= 0.3 is 10.4 Å². The fourth-order valence-corrected chi connectivity index (χ4v) is 13.8. The van der Waals surface area contributed by atoms with Gasteiger partial charge in [-0.2, -0.15) is 67.3 Å². The van der Waals surface area contributed by atoms with Gasteiger partial charge in [-0.1, -0.05) is 6.92 Å². The molecule has 0 radical (unpaired) electrons.